The van der Waals surface area contributed by atoms with Crippen LogP contribution in [0.2, 0.25) is 0 Å². The lowest BCUT2D eigenvalue weighted by molar-refractivity contribution is -0.0183. The smallest absolute Gasteiger partial charge is 0.0622 e. The minimum absolute atomic E-state index is 0.652. The normalized spacial score (nSPS) is 33.0. The monoisotopic (exact) mass is 282 g/mol. The summed E-state index contributed by atoms with van der Waals surface area (Å²) in [5.74, 6) is 0.844. The second-order valence-corrected chi connectivity index (χ2v) is 6.59. The predicted molar refractivity (Wildman–Crippen MR) is 85.1 cm³/mol. The van der Waals surface area contributed by atoms with Gasteiger partial charge in [-0.15, -0.1) is 0 Å². The largest absolute Gasteiger partial charge is 0.378 e. The van der Waals surface area contributed by atoms with Crippen LogP contribution >= 0.6 is 0 Å². The van der Waals surface area contributed by atoms with Gasteiger partial charge in [-0.05, 0) is 38.1 Å². The van der Waals surface area contributed by atoms with Crippen molar-refractivity contribution in [3.63, 3.8) is 0 Å². The topological polar surface area (TPSA) is 24.5 Å². The number of rotatable bonds is 6. The van der Waals surface area contributed by atoms with Gasteiger partial charge in [-0.3, -0.25) is 4.90 Å². The second-order valence-electron chi connectivity index (χ2n) is 6.59. The number of nitrogens with one attached hydrogen (secondary N) is 1. The molecule has 2 aliphatic rings. The summed E-state index contributed by atoms with van der Waals surface area (Å²) in [5, 5.41) is 3.83. The molecule has 3 unspecified atom stereocenters. The van der Waals surface area contributed by atoms with Gasteiger partial charge in [-0.2, -0.15) is 0 Å². The van der Waals surface area contributed by atoms with Crippen LogP contribution in [0.25, 0.3) is 0 Å². The van der Waals surface area contributed by atoms with Gasteiger partial charge in [0.25, 0.3) is 0 Å². The van der Waals surface area contributed by atoms with Crippen LogP contribution in [0.15, 0.2) is 0 Å². The van der Waals surface area contributed by atoms with Gasteiger partial charge in [0.15, 0.2) is 0 Å². The fourth-order valence-corrected chi connectivity index (χ4v) is 3.81. The molecule has 1 saturated carbocycles. The van der Waals surface area contributed by atoms with Crippen LogP contribution in [0.5, 0.6) is 0 Å². The molecular formula is C17H34N2O. The first kappa shape index (κ1) is 16.3. The maximum Gasteiger partial charge on any atom is 0.0622 e. The highest BCUT2D eigenvalue weighted by Gasteiger charge is 2.29. The Labute approximate surface area is 125 Å². The van der Waals surface area contributed by atoms with Crippen LogP contribution in [0.4, 0.5) is 0 Å². The SMILES string of the molecule is CCCNC1CCCCCC1CN1CCOCC1CC. The lowest BCUT2D eigenvalue weighted by atomic mass is 9.93. The molecule has 3 nitrogen and oxygen atoms in total. The van der Waals surface area contributed by atoms with E-state index in [0.717, 1.165) is 31.7 Å². The first-order valence-corrected chi connectivity index (χ1v) is 8.90. The molecule has 2 fully saturated rings. The van der Waals surface area contributed by atoms with E-state index in [2.05, 4.69) is 24.1 Å². The highest BCUT2D eigenvalue weighted by Crippen LogP contribution is 2.26. The molecule has 0 bridgehead atoms. The van der Waals surface area contributed by atoms with E-state index in [9.17, 15) is 0 Å². The molecule has 1 aliphatic heterocycles. The van der Waals surface area contributed by atoms with E-state index in [1.807, 2.05) is 0 Å². The molecule has 2 rings (SSSR count). The van der Waals surface area contributed by atoms with Gasteiger partial charge < -0.3 is 10.1 Å². The average molecular weight is 282 g/mol. The number of hydrogen-bond acceptors (Lipinski definition) is 3. The highest BCUT2D eigenvalue weighted by molar-refractivity contribution is 4.84. The van der Waals surface area contributed by atoms with Crippen molar-refractivity contribution in [1.29, 1.82) is 0 Å². The summed E-state index contributed by atoms with van der Waals surface area (Å²) in [6, 6.07) is 1.40. The van der Waals surface area contributed by atoms with Crippen molar-refractivity contribution >= 4 is 0 Å². The number of hydrogen-bond donors (Lipinski definition) is 1. The van der Waals surface area contributed by atoms with Crippen LogP contribution in [-0.4, -0.2) is 49.8 Å². The molecule has 20 heavy (non-hydrogen) atoms. The van der Waals surface area contributed by atoms with Crippen molar-refractivity contribution in [2.45, 2.75) is 70.9 Å². The fourth-order valence-electron chi connectivity index (χ4n) is 3.81. The quantitative estimate of drug-likeness (QED) is 0.758. The number of nitrogens with zero attached hydrogens (tertiary/aromatic N) is 1. The van der Waals surface area contributed by atoms with Crippen molar-refractivity contribution in [3.8, 4) is 0 Å². The Bertz CT molecular complexity index is 259. The van der Waals surface area contributed by atoms with Gasteiger partial charge in [-0.1, -0.05) is 33.1 Å². The van der Waals surface area contributed by atoms with Crippen molar-refractivity contribution in [2.24, 2.45) is 5.92 Å². The van der Waals surface area contributed by atoms with E-state index in [4.69, 9.17) is 4.74 Å². The minimum atomic E-state index is 0.652. The summed E-state index contributed by atoms with van der Waals surface area (Å²) in [4.78, 5) is 2.71. The summed E-state index contributed by atoms with van der Waals surface area (Å²) in [6.45, 7) is 10.0. The van der Waals surface area contributed by atoms with E-state index in [0.29, 0.717) is 6.04 Å². The Morgan fingerprint density at radius 3 is 2.80 bits per heavy atom. The van der Waals surface area contributed by atoms with Crippen LogP contribution in [0.3, 0.4) is 0 Å². The molecule has 1 heterocycles. The molecule has 0 aromatic rings. The zero-order valence-corrected chi connectivity index (χ0v) is 13.6. The van der Waals surface area contributed by atoms with Crippen LogP contribution in [0, 0.1) is 5.92 Å². The van der Waals surface area contributed by atoms with E-state index >= 15 is 0 Å². The van der Waals surface area contributed by atoms with Crippen molar-refractivity contribution in [1.82, 2.24) is 10.2 Å². The molecular weight excluding hydrogens is 248 g/mol. The van der Waals surface area contributed by atoms with E-state index in [-0.39, 0.29) is 0 Å². The third-order valence-electron chi connectivity index (χ3n) is 5.11. The maximum absolute atomic E-state index is 5.65. The molecule has 0 amide bonds. The first-order valence-electron chi connectivity index (χ1n) is 8.90. The van der Waals surface area contributed by atoms with Crippen LogP contribution in [-0.2, 0) is 4.74 Å². The summed E-state index contributed by atoms with van der Waals surface area (Å²) in [5.41, 5.74) is 0. The maximum atomic E-state index is 5.65. The Morgan fingerprint density at radius 1 is 1.15 bits per heavy atom. The van der Waals surface area contributed by atoms with Gasteiger partial charge in [0, 0.05) is 25.2 Å². The fraction of sp³-hybridized carbons (Fsp3) is 1.00. The van der Waals surface area contributed by atoms with Crippen LogP contribution in [0.1, 0.15) is 58.8 Å². The molecule has 0 radical (unpaired) electrons. The van der Waals surface area contributed by atoms with Gasteiger partial charge in [0.1, 0.15) is 0 Å². The molecule has 1 saturated heterocycles. The third-order valence-corrected chi connectivity index (χ3v) is 5.11. The summed E-state index contributed by atoms with van der Waals surface area (Å²) >= 11 is 0. The van der Waals surface area contributed by atoms with Crippen LogP contribution < -0.4 is 5.32 Å². The molecule has 1 aliphatic carbocycles. The molecule has 0 aromatic heterocycles. The van der Waals surface area contributed by atoms with Gasteiger partial charge in [0.2, 0.25) is 0 Å². The van der Waals surface area contributed by atoms with Crippen molar-refractivity contribution in [2.75, 3.05) is 32.8 Å². The van der Waals surface area contributed by atoms with E-state index in [1.165, 1.54) is 58.0 Å². The zero-order valence-electron chi connectivity index (χ0n) is 13.6. The molecule has 3 atom stereocenters. The highest BCUT2D eigenvalue weighted by atomic mass is 16.5. The third kappa shape index (κ3) is 4.71. The lowest BCUT2D eigenvalue weighted by Gasteiger charge is -2.39. The van der Waals surface area contributed by atoms with E-state index < -0.39 is 0 Å². The van der Waals surface area contributed by atoms with E-state index in [1.54, 1.807) is 0 Å². The van der Waals surface area contributed by atoms with Crippen molar-refractivity contribution < 1.29 is 4.74 Å². The number of ether oxygens (including phenoxy) is 1. The first-order chi connectivity index (χ1) is 9.85. The molecule has 3 heteroatoms. The Hall–Kier alpha value is -0.120. The lowest BCUT2D eigenvalue weighted by Crippen LogP contribution is -2.50. The summed E-state index contributed by atoms with van der Waals surface area (Å²) in [7, 11) is 0. The Balaban J connectivity index is 1.91. The van der Waals surface area contributed by atoms with Gasteiger partial charge in [-0.25, -0.2) is 0 Å². The molecule has 0 aromatic carbocycles. The molecule has 1 N–H and O–H groups in total. The summed E-state index contributed by atoms with van der Waals surface area (Å²) < 4.78 is 5.65. The summed E-state index contributed by atoms with van der Waals surface area (Å²) in [6.07, 6.45) is 9.54. The average Bonchev–Trinajstić information content (AvgIpc) is 2.71. The molecule has 0 spiro atoms. The second kappa shape index (κ2) is 9.01. The minimum Gasteiger partial charge on any atom is -0.378 e. The standard InChI is InChI=1S/C17H34N2O/c1-3-10-18-17-9-7-5-6-8-15(17)13-19-11-12-20-14-16(19)4-2/h15-18H,3-14H2,1-2H3. The number of morpholine rings is 1. The van der Waals surface area contributed by atoms with Gasteiger partial charge >= 0.3 is 0 Å². The van der Waals surface area contributed by atoms with Gasteiger partial charge in [0.05, 0.1) is 13.2 Å². The molecule has 118 valence electrons. The van der Waals surface area contributed by atoms with Crippen molar-refractivity contribution in [3.05, 3.63) is 0 Å². The zero-order chi connectivity index (χ0) is 14.2. The Kier molecular flexibility index (Phi) is 7.32. The Morgan fingerprint density at radius 2 is 2.00 bits per heavy atom. The predicted octanol–water partition coefficient (Wildman–Crippen LogP) is 3.05.